The first-order chi connectivity index (χ1) is 10.4. The van der Waals surface area contributed by atoms with Gasteiger partial charge in [-0.3, -0.25) is 4.98 Å². The molecule has 2 aromatic carbocycles. The minimum atomic E-state index is 0.129. The van der Waals surface area contributed by atoms with Gasteiger partial charge in [-0.25, -0.2) is 0 Å². The molecule has 0 amide bonds. The van der Waals surface area contributed by atoms with Crippen molar-refractivity contribution in [3.8, 4) is 0 Å². The van der Waals surface area contributed by atoms with E-state index in [-0.39, 0.29) is 5.41 Å². The molecule has 0 bridgehead atoms. The summed E-state index contributed by atoms with van der Waals surface area (Å²) in [5.74, 6) is 0.547. The number of aromatic nitrogens is 1. The summed E-state index contributed by atoms with van der Waals surface area (Å²) in [6, 6.07) is 26.1. The van der Waals surface area contributed by atoms with Crippen molar-refractivity contribution in [1.82, 2.24) is 4.98 Å². The largest absolute Gasteiger partial charge is 0.265 e. The van der Waals surface area contributed by atoms with E-state index in [2.05, 4.69) is 77.8 Å². The Morgan fingerprint density at radius 3 is 1.76 bits per heavy atom. The Morgan fingerprint density at radius 1 is 0.714 bits per heavy atom. The quantitative estimate of drug-likeness (QED) is 0.680. The van der Waals surface area contributed by atoms with Gasteiger partial charge in [0.2, 0.25) is 0 Å². The SMILES string of the molecule is c1ccc(C2(c3ccccc3)C[C@H]2c2ccncc2)cc1. The zero-order valence-electron chi connectivity index (χ0n) is 11.8. The van der Waals surface area contributed by atoms with Crippen LogP contribution in [-0.4, -0.2) is 4.98 Å². The fourth-order valence-electron chi connectivity index (χ4n) is 3.54. The first-order valence-corrected chi connectivity index (χ1v) is 7.42. The molecular formula is C20H17N. The van der Waals surface area contributed by atoms with E-state index < -0.39 is 0 Å². The molecule has 1 nitrogen and oxygen atoms in total. The van der Waals surface area contributed by atoms with Gasteiger partial charge in [-0.15, -0.1) is 0 Å². The topological polar surface area (TPSA) is 12.9 Å². The highest BCUT2D eigenvalue weighted by atomic mass is 14.6. The highest BCUT2D eigenvalue weighted by Gasteiger charge is 2.56. The van der Waals surface area contributed by atoms with Crippen LogP contribution in [0.15, 0.2) is 85.2 Å². The maximum Gasteiger partial charge on any atom is 0.0278 e. The molecule has 4 rings (SSSR count). The van der Waals surface area contributed by atoms with E-state index in [0.29, 0.717) is 5.92 Å². The van der Waals surface area contributed by atoms with Crippen molar-refractivity contribution in [1.29, 1.82) is 0 Å². The number of benzene rings is 2. The van der Waals surface area contributed by atoms with E-state index >= 15 is 0 Å². The fraction of sp³-hybridized carbons (Fsp3) is 0.150. The Balaban J connectivity index is 1.83. The molecule has 1 aromatic heterocycles. The molecule has 0 radical (unpaired) electrons. The predicted octanol–water partition coefficient (Wildman–Crippen LogP) is 4.56. The van der Waals surface area contributed by atoms with Gasteiger partial charge in [-0.2, -0.15) is 0 Å². The van der Waals surface area contributed by atoms with Gasteiger partial charge in [0.15, 0.2) is 0 Å². The van der Waals surface area contributed by atoms with Crippen LogP contribution in [0.3, 0.4) is 0 Å². The van der Waals surface area contributed by atoms with Crippen molar-refractivity contribution >= 4 is 0 Å². The molecule has 0 aliphatic heterocycles. The molecule has 0 saturated heterocycles. The lowest BCUT2D eigenvalue weighted by molar-refractivity contribution is 0.802. The predicted molar refractivity (Wildman–Crippen MR) is 85.3 cm³/mol. The zero-order valence-corrected chi connectivity index (χ0v) is 11.8. The summed E-state index contributed by atoms with van der Waals surface area (Å²) in [6.07, 6.45) is 4.97. The summed E-state index contributed by atoms with van der Waals surface area (Å²) in [4.78, 5) is 4.15. The van der Waals surface area contributed by atoms with Crippen molar-refractivity contribution in [2.75, 3.05) is 0 Å². The van der Waals surface area contributed by atoms with Crippen LogP contribution >= 0.6 is 0 Å². The Kier molecular flexibility index (Phi) is 2.85. The lowest BCUT2D eigenvalue weighted by Crippen LogP contribution is -2.11. The third kappa shape index (κ3) is 1.97. The van der Waals surface area contributed by atoms with Crippen molar-refractivity contribution in [2.24, 2.45) is 0 Å². The van der Waals surface area contributed by atoms with E-state index in [4.69, 9.17) is 0 Å². The van der Waals surface area contributed by atoms with E-state index in [1.807, 2.05) is 12.4 Å². The summed E-state index contributed by atoms with van der Waals surface area (Å²) < 4.78 is 0. The highest BCUT2D eigenvalue weighted by Crippen LogP contribution is 2.64. The molecule has 0 unspecified atom stereocenters. The van der Waals surface area contributed by atoms with E-state index in [1.54, 1.807) is 0 Å². The lowest BCUT2D eigenvalue weighted by atomic mass is 9.84. The third-order valence-corrected chi connectivity index (χ3v) is 4.65. The van der Waals surface area contributed by atoms with E-state index in [0.717, 1.165) is 0 Å². The minimum absolute atomic E-state index is 0.129. The van der Waals surface area contributed by atoms with Crippen molar-refractivity contribution in [3.05, 3.63) is 102 Å². The van der Waals surface area contributed by atoms with Gasteiger partial charge in [-0.1, -0.05) is 60.7 Å². The summed E-state index contributed by atoms with van der Waals surface area (Å²) in [6.45, 7) is 0. The minimum Gasteiger partial charge on any atom is -0.265 e. The molecule has 3 aromatic rings. The number of pyridine rings is 1. The van der Waals surface area contributed by atoms with Gasteiger partial charge in [-0.05, 0) is 41.2 Å². The molecular weight excluding hydrogens is 254 g/mol. The molecule has 1 fully saturated rings. The van der Waals surface area contributed by atoms with Crippen molar-refractivity contribution < 1.29 is 0 Å². The molecule has 1 aliphatic carbocycles. The van der Waals surface area contributed by atoms with Crippen LogP contribution in [0.2, 0.25) is 0 Å². The Labute approximate surface area is 125 Å². The molecule has 1 heteroatoms. The van der Waals surface area contributed by atoms with Gasteiger partial charge in [0.1, 0.15) is 0 Å². The number of nitrogens with zero attached hydrogens (tertiary/aromatic N) is 1. The number of rotatable bonds is 3. The molecule has 1 saturated carbocycles. The third-order valence-electron chi connectivity index (χ3n) is 4.65. The Morgan fingerprint density at radius 2 is 1.24 bits per heavy atom. The Hall–Kier alpha value is -2.41. The second-order valence-electron chi connectivity index (χ2n) is 5.74. The molecule has 0 N–H and O–H groups in total. The average Bonchev–Trinajstić information content (AvgIpc) is 3.34. The van der Waals surface area contributed by atoms with Gasteiger partial charge in [0, 0.05) is 17.8 Å². The van der Waals surface area contributed by atoms with E-state index in [1.165, 1.54) is 23.1 Å². The molecule has 21 heavy (non-hydrogen) atoms. The normalized spacial score (nSPS) is 19.1. The summed E-state index contributed by atoms with van der Waals surface area (Å²) in [5.41, 5.74) is 4.35. The number of hydrogen-bond donors (Lipinski definition) is 0. The maximum absolute atomic E-state index is 4.15. The molecule has 1 atom stereocenters. The zero-order chi connectivity index (χ0) is 14.1. The molecule has 1 aliphatic rings. The second-order valence-corrected chi connectivity index (χ2v) is 5.74. The van der Waals surface area contributed by atoms with Crippen LogP contribution in [-0.2, 0) is 5.41 Å². The van der Waals surface area contributed by atoms with Gasteiger partial charge in [0.25, 0.3) is 0 Å². The van der Waals surface area contributed by atoms with E-state index in [9.17, 15) is 0 Å². The van der Waals surface area contributed by atoms with Crippen LogP contribution in [0.1, 0.15) is 29.0 Å². The van der Waals surface area contributed by atoms with Crippen LogP contribution in [0.5, 0.6) is 0 Å². The maximum atomic E-state index is 4.15. The van der Waals surface area contributed by atoms with Gasteiger partial charge >= 0.3 is 0 Å². The monoisotopic (exact) mass is 271 g/mol. The van der Waals surface area contributed by atoms with Crippen molar-refractivity contribution in [2.45, 2.75) is 17.8 Å². The lowest BCUT2D eigenvalue weighted by Gasteiger charge is -2.19. The summed E-state index contributed by atoms with van der Waals surface area (Å²) >= 11 is 0. The molecule has 0 spiro atoms. The smallest absolute Gasteiger partial charge is 0.0278 e. The van der Waals surface area contributed by atoms with Crippen molar-refractivity contribution in [3.63, 3.8) is 0 Å². The average molecular weight is 271 g/mol. The van der Waals surface area contributed by atoms with Crippen LogP contribution in [0, 0.1) is 0 Å². The van der Waals surface area contributed by atoms with Gasteiger partial charge < -0.3 is 0 Å². The highest BCUT2D eigenvalue weighted by molar-refractivity contribution is 5.52. The standard InChI is InChI=1S/C20H17N/c1-3-7-17(8-4-1)20(18-9-5-2-6-10-18)15-19(20)16-11-13-21-14-12-16/h1-14,19H,15H2/t19-/m0/s1. The number of hydrogen-bond acceptors (Lipinski definition) is 1. The second kappa shape index (κ2) is 4.85. The van der Waals surface area contributed by atoms with Crippen LogP contribution < -0.4 is 0 Å². The summed E-state index contributed by atoms with van der Waals surface area (Å²) in [7, 11) is 0. The molecule has 1 heterocycles. The fourth-order valence-corrected chi connectivity index (χ4v) is 3.54. The van der Waals surface area contributed by atoms with Gasteiger partial charge in [0.05, 0.1) is 0 Å². The first kappa shape index (κ1) is 12.3. The summed E-state index contributed by atoms with van der Waals surface area (Å²) in [5, 5.41) is 0. The molecule has 102 valence electrons. The first-order valence-electron chi connectivity index (χ1n) is 7.42. The van der Waals surface area contributed by atoms with Crippen LogP contribution in [0.25, 0.3) is 0 Å². The van der Waals surface area contributed by atoms with Crippen LogP contribution in [0.4, 0.5) is 0 Å². The Bertz CT molecular complexity index is 680.